The van der Waals surface area contributed by atoms with Gasteiger partial charge in [0.15, 0.2) is 0 Å². The third kappa shape index (κ3) is 4.71. The SMILES string of the molecule is O=C(OCCN1CCOCC1)c1cc2c3ccccc3n(Cc3cc(CF)ccc3Br)c2cn1. The van der Waals surface area contributed by atoms with Gasteiger partial charge in [0, 0.05) is 46.9 Å². The van der Waals surface area contributed by atoms with Crippen LogP contribution in [0.1, 0.15) is 21.6 Å². The highest BCUT2D eigenvalue weighted by Gasteiger charge is 2.17. The molecule has 2 aromatic carbocycles. The Kier molecular flexibility index (Phi) is 6.89. The summed E-state index contributed by atoms with van der Waals surface area (Å²) in [6.45, 7) is 4.17. The van der Waals surface area contributed by atoms with Crippen molar-refractivity contribution >= 4 is 43.7 Å². The van der Waals surface area contributed by atoms with Gasteiger partial charge in [0.25, 0.3) is 0 Å². The Bertz CT molecular complexity index is 1330. The van der Waals surface area contributed by atoms with Gasteiger partial charge in [0.05, 0.1) is 24.9 Å². The van der Waals surface area contributed by atoms with Gasteiger partial charge in [-0.15, -0.1) is 0 Å². The van der Waals surface area contributed by atoms with E-state index in [1.807, 2.05) is 36.4 Å². The molecule has 0 N–H and O–H groups in total. The number of alkyl halides is 1. The van der Waals surface area contributed by atoms with Gasteiger partial charge in [-0.25, -0.2) is 14.2 Å². The summed E-state index contributed by atoms with van der Waals surface area (Å²) in [7, 11) is 0. The van der Waals surface area contributed by atoms with Crippen molar-refractivity contribution in [3.05, 3.63) is 76.0 Å². The van der Waals surface area contributed by atoms with E-state index in [0.29, 0.717) is 38.5 Å². The zero-order valence-electron chi connectivity index (χ0n) is 18.7. The highest BCUT2D eigenvalue weighted by atomic mass is 79.9. The molecule has 0 radical (unpaired) electrons. The number of hydrogen-bond donors (Lipinski definition) is 0. The smallest absolute Gasteiger partial charge is 0.356 e. The lowest BCUT2D eigenvalue weighted by Crippen LogP contribution is -2.38. The molecule has 3 heterocycles. The Balaban J connectivity index is 1.43. The minimum atomic E-state index is -0.508. The molecule has 0 spiro atoms. The number of rotatable bonds is 7. The molecule has 1 aliphatic heterocycles. The molecule has 8 heteroatoms. The molecule has 1 aliphatic rings. The molecule has 0 amide bonds. The second-order valence-corrected chi connectivity index (χ2v) is 9.19. The Labute approximate surface area is 205 Å². The summed E-state index contributed by atoms with van der Waals surface area (Å²) in [5, 5.41) is 1.96. The number of nitrogens with zero attached hydrogens (tertiary/aromatic N) is 3. The van der Waals surface area contributed by atoms with Gasteiger partial charge >= 0.3 is 5.97 Å². The van der Waals surface area contributed by atoms with Gasteiger partial charge in [-0.1, -0.05) is 46.3 Å². The molecular formula is C26H25BrFN3O3. The van der Waals surface area contributed by atoms with E-state index in [1.165, 1.54) is 0 Å². The third-order valence-electron chi connectivity index (χ3n) is 6.21. The van der Waals surface area contributed by atoms with Gasteiger partial charge in [-0.05, 0) is 29.3 Å². The average molecular weight is 526 g/mol. The summed E-state index contributed by atoms with van der Waals surface area (Å²) in [6, 6.07) is 15.4. The number of morpholine rings is 1. The van der Waals surface area contributed by atoms with Crippen LogP contribution in [0, 0.1) is 0 Å². The molecule has 176 valence electrons. The topological polar surface area (TPSA) is 56.6 Å². The maximum atomic E-state index is 13.3. The molecule has 6 nitrogen and oxygen atoms in total. The van der Waals surface area contributed by atoms with Gasteiger partial charge in [-0.3, -0.25) is 4.90 Å². The van der Waals surface area contributed by atoms with Crippen molar-refractivity contribution < 1.29 is 18.7 Å². The number of fused-ring (bicyclic) bond motifs is 3. The Morgan fingerprint density at radius 1 is 1.09 bits per heavy atom. The monoisotopic (exact) mass is 525 g/mol. The molecule has 2 aromatic heterocycles. The maximum absolute atomic E-state index is 13.3. The lowest BCUT2D eigenvalue weighted by Gasteiger charge is -2.26. The molecule has 0 aliphatic carbocycles. The molecule has 0 atom stereocenters. The molecule has 0 saturated carbocycles. The first-order valence-electron chi connectivity index (χ1n) is 11.3. The number of pyridine rings is 1. The molecule has 0 unspecified atom stereocenters. The Morgan fingerprint density at radius 3 is 2.74 bits per heavy atom. The zero-order valence-corrected chi connectivity index (χ0v) is 20.3. The predicted molar refractivity (Wildman–Crippen MR) is 133 cm³/mol. The van der Waals surface area contributed by atoms with Crippen LogP contribution in [0.2, 0.25) is 0 Å². The van der Waals surface area contributed by atoms with Crippen molar-refractivity contribution in [2.24, 2.45) is 0 Å². The number of benzene rings is 2. The van der Waals surface area contributed by atoms with E-state index in [0.717, 1.165) is 44.9 Å². The first-order chi connectivity index (χ1) is 16.6. The highest BCUT2D eigenvalue weighted by Crippen LogP contribution is 2.31. The largest absolute Gasteiger partial charge is 0.460 e. The summed E-state index contributed by atoms with van der Waals surface area (Å²) >= 11 is 3.59. The fourth-order valence-electron chi connectivity index (χ4n) is 4.40. The molecule has 34 heavy (non-hydrogen) atoms. The summed E-state index contributed by atoms with van der Waals surface area (Å²) in [5.41, 5.74) is 3.83. The molecule has 5 rings (SSSR count). The second-order valence-electron chi connectivity index (χ2n) is 8.34. The highest BCUT2D eigenvalue weighted by molar-refractivity contribution is 9.10. The normalized spacial score (nSPS) is 14.6. The van der Waals surface area contributed by atoms with Crippen molar-refractivity contribution in [2.75, 3.05) is 39.5 Å². The van der Waals surface area contributed by atoms with E-state index < -0.39 is 12.6 Å². The van der Waals surface area contributed by atoms with Gasteiger partial charge in [-0.2, -0.15) is 0 Å². The molecule has 1 fully saturated rings. The van der Waals surface area contributed by atoms with Crippen LogP contribution in [0.25, 0.3) is 21.8 Å². The minimum Gasteiger partial charge on any atom is -0.460 e. The van der Waals surface area contributed by atoms with Crippen molar-refractivity contribution in [3.63, 3.8) is 0 Å². The number of halogens is 2. The number of aromatic nitrogens is 2. The van der Waals surface area contributed by atoms with Gasteiger partial charge in [0.1, 0.15) is 19.0 Å². The Hall–Kier alpha value is -2.81. The average Bonchev–Trinajstić information content (AvgIpc) is 3.19. The summed E-state index contributed by atoms with van der Waals surface area (Å²) < 4.78 is 27.2. The maximum Gasteiger partial charge on any atom is 0.356 e. The molecule has 1 saturated heterocycles. The van der Waals surface area contributed by atoms with E-state index in [-0.39, 0.29) is 5.69 Å². The van der Waals surface area contributed by atoms with Crippen LogP contribution in [0.4, 0.5) is 4.39 Å². The standard InChI is InChI=1S/C26H25BrFN3O3/c27-22-6-5-18(15-28)13-19(22)17-31-24-4-2-1-3-20(24)21-14-23(29-16-25(21)31)26(32)34-12-9-30-7-10-33-11-8-30/h1-6,13-14,16H,7-12,15,17H2. The fraction of sp³-hybridized carbons (Fsp3) is 0.308. The summed E-state index contributed by atoms with van der Waals surface area (Å²) in [5.74, 6) is -0.426. The second kappa shape index (κ2) is 10.2. The number of ether oxygens (including phenoxy) is 2. The van der Waals surface area contributed by atoms with Crippen LogP contribution in [0.15, 0.2) is 59.2 Å². The number of para-hydroxylation sites is 1. The fourth-order valence-corrected chi connectivity index (χ4v) is 4.77. The minimum absolute atomic E-state index is 0.290. The zero-order chi connectivity index (χ0) is 23.5. The van der Waals surface area contributed by atoms with E-state index in [9.17, 15) is 9.18 Å². The van der Waals surface area contributed by atoms with E-state index in [4.69, 9.17) is 9.47 Å². The van der Waals surface area contributed by atoms with E-state index in [2.05, 4.69) is 30.4 Å². The predicted octanol–water partition coefficient (Wildman–Crippen LogP) is 4.96. The quantitative estimate of drug-likeness (QED) is 0.319. The molecule has 0 bridgehead atoms. The van der Waals surface area contributed by atoms with Crippen LogP contribution in [0.3, 0.4) is 0 Å². The lowest BCUT2D eigenvalue weighted by atomic mass is 10.1. The number of hydrogen-bond acceptors (Lipinski definition) is 5. The van der Waals surface area contributed by atoms with Crippen LogP contribution in [-0.4, -0.2) is 59.9 Å². The third-order valence-corrected chi connectivity index (χ3v) is 6.98. The Morgan fingerprint density at radius 2 is 1.91 bits per heavy atom. The van der Waals surface area contributed by atoms with E-state index >= 15 is 0 Å². The molecular weight excluding hydrogens is 501 g/mol. The number of esters is 1. The first-order valence-corrected chi connectivity index (χ1v) is 12.1. The summed E-state index contributed by atoms with van der Waals surface area (Å²) in [6.07, 6.45) is 1.72. The van der Waals surface area contributed by atoms with Crippen LogP contribution < -0.4 is 0 Å². The summed E-state index contributed by atoms with van der Waals surface area (Å²) in [4.78, 5) is 19.3. The number of carbonyl (C=O) groups excluding carboxylic acids is 1. The van der Waals surface area contributed by atoms with Crippen LogP contribution in [-0.2, 0) is 22.7 Å². The van der Waals surface area contributed by atoms with Crippen LogP contribution >= 0.6 is 15.9 Å². The van der Waals surface area contributed by atoms with Gasteiger partial charge in [0.2, 0.25) is 0 Å². The first kappa shape index (κ1) is 23.0. The molecule has 4 aromatic rings. The van der Waals surface area contributed by atoms with Crippen LogP contribution in [0.5, 0.6) is 0 Å². The van der Waals surface area contributed by atoms with Gasteiger partial charge < -0.3 is 14.0 Å². The van der Waals surface area contributed by atoms with Crippen molar-refractivity contribution in [2.45, 2.75) is 13.2 Å². The van der Waals surface area contributed by atoms with Crippen molar-refractivity contribution in [1.29, 1.82) is 0 Å². The lowest BCUT2D eigenvalue weighted by molar-refractivity contribution is 0.0193. The number of carbonyl (C=O) groups is 1. The van der Waals surface area contributed by atoms with E-state index in [1.54, 1.807) is 18.3 Å². The van der Waals surface area contributed by atoms with Crippen molar-refractivity contribution in [3.8, 4) is 0 Å². The van der Waals surface area contributed by atoms with Crippen molar-refractivity contribution in [1.82, 2.24) is 14.5 Å².